The van der Waals surface area contributed by atoms with Gasteiger partial charge in [0.05, 0.1) is 12.7 Å². The monoisotopic (exact) mass is 225 g/mol. The lowest BCUT2D eigenvalue weighted by Crippen LogP contribution is -2.04. The molecule has 0 aliphatic rings. The fourth-order valence-corrected chi connectivity index (χ4v) is 1.66. The SMILES string of the molecule is CCNc1ccc(OC)cc1C(=O)SC. The van der Waals surface area contributed by atoms with Gasteiger partial charge in [0.25, 0.3) is 0 Å². The summed E-state index contributed by atoms with van der Waals surface area (Å²) in [5.41, 5.74) is 1.53. The van der Waals surface area contributed by atoms with Gasteiger partial charge in [-0.05, 0) is 31.4 Å². The second kappa shape index (κ2) is 5.66. The average Bonchev–Trinajstić information content (AvgIpc) is 2.29. The normalized spacial score (nSPS) is 9.80. The first-order chi connectivity index (χ1) is 7.22. The predicted octanol–water partition coefficient (Wildman–Crippen LogP) is 2.63. The molecule has 0 unspecified atom stereocenters. The van der Waals surface area contributed by atoms with Crippen LogP contribution in [-0.4, -0.2) is 25.0 Å². The molecule has 0 heterocycles. The third-order valence-corrected chi connectivity index (χ3v) is 2.59. The third-order valence-electron chi connectivity index (χ3n) is 2.00. The molecule has 0 bridgehead atoms. The van der Waals surface area contributed by atoms with E-state index in [1.54, 1.807) is 19.4 Å². The van der Waals surface area contributed by atoms with Crippen LogP contribution in [0.5, 0.6) is 5.75 Å². The molecular formula is C11H15NO2S. The number of anilines is 1. The smallest absolute Gasteiger partial charge is 0.221 e. The van der Waals surface area contributed by atoms with E-state index in [4.69, 9.17) is 4.74 Å². The molecule has 0 atom stereocenters. The summed E-state index contributed by atoms with van der Waals surface area (Å²) in [7, 11) is 1.59. The topological polar surface area (TPSA) is 38.3 Å². The first-order valence-corrected chi connectivity index (χ1v) is 5.95. The lowest BCUT2D eigenvalue weighted by molar-refractivity contribution is 0.109. The van der Waals surface area contributed by atoms with Crippen LogP contribution in [0, 0.1) is 0 Å². The van der Waals surface area contributed by atoms with Crippen LogP contribution in [-0.2, 0) is 0 Å². The Morgan fingerprint density at radius 2 is 2.27 bits per heavy atom. The van der Waals surface area contributed by atoms with Gasteiger partial charge >= 0.3 is 0 Å². The van der Waals surface area contributed by atoms with Crippen molar-refractivity contribution in [3.63, 3.8) is 0 Å². The number of methoxy groups -OCH3 is 1. The molecule has 1 aromatic carbocycles. The lowest BCUT2D eigenvalue weighted by Gasteiger charge is -2.10. The number of rotatable bonds is 4. The molecule has 0 fully saturated rings. The van der Waals surface area contributed by atoms with Gasteiger partial charge < -0.3 is 10.1 Å². The summed E-state index contributed by atoms with van der Waals surface area (Å²) < 4.78 is 5.09. The van der Waals surface area contributed by atoms with Crippen LogP contribution in [0.15, 0.2) is 18.2 Å². The van der Waals surface area contributed by atoms with Gasteiger partial charge in [0.2, 0.25) is 5.12 Å². The van der Waals surface area contributed by atoms with E-state index in [-0.39, 0.29) is 5.12 Å². The summed E-state index contributed by atoms with van der Waals surface area (Å²) in [4.78, 5) is 11.6. The number of nitrogens with one attached hydrogen (secondary N) is 1. The highest BCUT2D eigenvalue weighted by molar-refractivity contribution is 8.13. The molecule has 0 saturated carbocycles. The van der Waals surface area contributed by atoms with Crippen LogP contribution in [0.3, 0.4) is 0 Å². The van der Waals surface area contributed by atoms with Gasteiger partial charge in [-0.25, -0.2) is 0 Å². The number of thioether (sulfide) groups is 1. The van der Waals surface area contributed by atoms with Crippen LogP contribution in [0.2, 0.25) is 0 Å². The summed E-state index contributed by atoms with van der Waals surface area (Å²) in [5.74, 6) is 0.703. The maximum Gasteiger partial charge on any atom is 0.221 e. The van der Waals surface area contributed by atoms with Crippen molar-refractivity contribution < 1.29 is 9.53 Å². The van der Waals surface area contributed by atoms with Crippen molar-refractivity contribution in [2.75, 3.05) is 25.2 Å². The Labute approximate surface area is 94.2 Å². The predicted molar refractivity (Wildman–Crippen MR) is 65.0 cm³/mol. The van der Waals surface area contributed by atoms with Crippen molar-refractivity contribution in [3.05, 3.63) is 23.8 Å². The summed E-state index contributed by atoms with van der Waals surface area (Å²) in [6.07, 6.45) is 1.78. The van der Waals surface area contributed by atoms with Crippen molar-refractivity contribution in [1.29, 1.82) is 0 Å². The first kappa shape index (κ1) is 11.9. The summed E-state index contributed by atoms with van der Waals surface area (Å²) in [6, 6.07) is 5.47. The Hall–Kier alpha value is -1.16. The molecule has 3 nitrogen and oxygen atoms in total. The first-order valence-electron chi connectivity index (χ1n) is 4.73. The minimum atomic E-state index is 0.0462. The zero-order valence-electron chi connectivity index (χ0n) is 9.16. The molecule has 1 aromatic rings. The molecule has 0 spiro atoms. The fraction of sp³-hybridized carbons (Fsp3) is 0.364. The molecular weight excluding hydrogens is 210 g/mol. The summed E-state index contributed by atoms with van der Waals surface area (Å²) >= 11 is 1.20. The molecule has 4 heteroatoms. The number of ether oxygens (including phenoxy) is 1. The minimum absolute atomic E-state index is 0.0462. The largest absolute Gasteiger partial charge is 0.497 e. The van der Waals surface area contributed by atoms with E-state index in [2.05, 4.69) is 5.32 Å². The number of carbonyl (C=O) groups is 1. The second-order valence-electron chi connectivity index (χ2n) is 2.93. The molecule has 0 amide bonds. The molecule has 0 radical (unpaired) electrons. The van der Waals surface area contributed by atoms with Crippen LogP contribution >= 0.6 is 11.8 Å². The van der Waals surface area contributed by atoms with E-state index < -0.39 is 0 Å². The molecule has 82 valence electrons. The number of hydrogen-bond acceptors (Lipinski definition) is 4. The van der Waals surface area contributed by atoms with E-state index in [1.165, 1.54) is 11.8 Å². The van der Waals surface area contributed by atoms with Crippen LogP contribution in [0.4, 0.5) is 5.69 Å². The molecule has 0 saturated heterocycles. The number of benzene rings is 1. The van der Waals surface area contributed by atoms with Crippen molar-refractivity contribution in [2.45, 2.75) is 6.92 Å². The zero-order valence-corrected chi connectivity index (χ0v) is 9.98. The van der Waals surface area contributed by atoms with Crippen molar-refractivity contribution in [3.8, 4) is 5.75 Å². The van der Waals surface area contributed by atoms with E-state index in [0.29, 0.717) is 11.3 Å². The standard InChI is InChI=1S/C11H15NO2S/c1-4-12-10-6-5-8(14-2)7-9(10)11(13)15-3/h5-7,12H,4H2,1-3H3. The lowest BCUT2D eigenvalue weighted by atomic mass is 10.2. The molecule has 0 aliphatic heterocycles. The van der Waals surface area contributed by atoms with Crippen molar-refractivity contribution in [2.24, 2.45) is 0 Å². The maximum absolute atomic E-state index is 11.6. The fourth-order valence-electron chi connectivity index (χ4n) is 1.27. The van der Waals surface area contributed by atoms with Gasteiger partial charge in [-0.15, -0.1) is 0 Å². The highest BCUT2D eigenvalue weighted by Gasteiger charge is 2.11. The second-order valence-corrected chi connectivity index (χ2v) is 3.71. The van der Waals surface area contributed by atoms with E-state index in [9.17, 15) is 4.79 Å². The van der Waals surface area contributed by atoms with Gasteiger partial charge in [0.15, 0.2) is 0 Å². The molecule has 15 heavy (non-hydrogen) atoms. The van der Waals surface area contributed by atoms with Crippen molar-refractivity contribution in [1.82, 2.24) is 0 Å². The van der Waals surface area contributed by atoms with E-state index >= 15 is 0 Å². The van der Waals surface area contributed by atoms with Crippen LogP contribution in [0.25, 0.3) is 0 Å². The summed E-state index contributed by atoms with van der Waals surface area (Å²) in [5, 5.41) is 3.20. The zero-order chi connectivity index (χ0) is 11.3. The minimum Gasteiger partial charge on any atom is -0.497 e. The number of carbonyl (C=O) groups excluding carboxylic acids is 1. The summed E-state index contributed by atoms with van der Waals surface area (Å²) in [6.45, 7) is 2.79. The highest BCUT2D eigenvalue weighted by atomic mass is 32.2. The van der Waals surface area contributed by atoms with Crippen LogP contribution in [0.1, 0.15) is 17.3 Å². The van der Waals surface area contributed by atoms with Crippen LogP contribution < -0.4 is 10.1 Å². The van der Waals surface area contributed by atoms with Gasteiger partial charge in [-0.1, -0.05) is 11.8 Å². The molecule has 0 aliphatic carbocycles. The Balaban J connectivity index is 3.10. The van der Waals surface area contributed by atoms with E-state index in [0.717, 1.165) is 12.2 Å². The van der Waals surface area contributed by atoms with Gasteiger partial charge in [0, 0.05) is 12.2 Å². The Morgan fingerprint density at radius 3 is 2.80 bits per heavy atom. The Bertz CT molecular complexity index is 352. The third kappa shape index (κ3) is 2.89. The van der Waals surface area contributed by atoms with Gasteiger partial charge in [-0.3, -0.25) is 4.79 Å². The molecule has 1 rings (SSSR count). The molecule has 0 aromatic heterocycles. The molecule has 1 N–H and O–H groups in total. The van der Waals surface area contributed by atoms with Crippen molar-refractivity contribution >= 4 is 22.6 Å². The number of hydrogen-bond donors (Lipinski definition) is 1. The Kier molecular flexibility index (Phi) is 4.49. The maximum atomic E-state index is 11.6. The highest BCUT2D eigenvalue weighted by Crippen LogP contribution is 2.25. The van der Waals surface area contributed by atoms with Gasteiger partial charge in [-0.2, -0.15) is 0 Å². The van der Waals surface area contributed by atoms with Gasteiger partial charge in [0.1, 0.15) is 5.75 Å². The quantitative estimate of drug-likeness (QED) is 0.855. The van der Waals surface area contributed by atoms with E-state index in [1.807, 2.05) is 19.1 Å². The average molecular weight is 225 g/mol. The Morgan fingerprint density at radius 1 is 1.53 bits per heavy atom.